The first-order chi connectivity index (χ1) is 8.52. The lowest BCUT2D eigenvalue weighted by Crippen LogP contribution is -2.10. The van der Waals surface area contributed by atoms with E-state index < -0.39 is 17.6 Å². The number of ketones is 1. The SMILES string of the molecule is CCOC(=O)CCC(=O)Cc1cc(F)ccc1F. The number of benzene rings is 1. The largest absolute Gasteiger partial charge is 0.466 e. The summed E-state index contributed by atoms with van der Waals surface area (Å²) < 4.78 is 30.8. The van der Waals surface area contributed by atoms with Crippen LogP contribution in [0.5, 0.6) is 0 Å². The molecule has 0 aromatic heterocycles. The molecule has 0 aliphatic heterocycles. The zero-order valence-corrected chi connectivity index (χ0v) is 10.0. The summed E-state index contributed by atoms with van der Waals surface area (Å²) in [5.41, 5.74) is 0.00357. The molecule has 0 unspecified atom stereocenters. The van der Waals surface area contributed by atoms with Crippen molar-refractivity contribution >= 4 is 11.8 Å². The second-order valence-electron chi connectivity index (χ2n) is 3.76. The van der Waals surface area contributed by atoms with E-state index >= 15 is 0 Å². The molecule has 98 valence electrons. The molecule has 0 amide bonds. The van der Waals surface area contributed by atoms with Crippen molar-refractivity contribution in [2.45, 2.75) is 26.2 Å². The van der Waals surface area contributed by atoms with Gasteiger partial charge in [0.15, 0.2) is 0 Å². The first kappa shape index (κ1) is 14.3. The Morgan fingerprint density at radius 3 is 2.61 bits per heavy atom. The van der Waals surface area contributed by atoms with Crippen LogP contribution in [0.2, 0.25) is 0 Å². The monoisotopic (exact) mass is 256 g/mol. The Kier molecular flexibility index (Phi) is 5.42. The van der Waals surface area contributed by atoms with Gasteiger partial charge in [-0.3, -0.25) is 9.59 Å². The van der Waals surface area contributed by atoms with Crippen LogP contribution in [0.25, 0.3) is 0 Å². The highest BCUT2D eigenvalue weighted by atomic mass is 19.1. The van der Waals surface area contributed by atoms with Crippen LogP contribution in [-0.2, 0) is 20.7 Å². The molecule has 0 saturated carbocycles. The average Bonchev–Trinajstić information content (AvgIpc) is 2.32. The molecule has 0 aliphatic rings. The molecule has 3 nitrogen and oxygen atoms in total. The van der Waals surface area contributed by atoms with Crippen LogP contribution in [0, 0.1) is 11.6 Å². The van der Waals surface area contributed by atoms with E-state index in [2.05, 4.69) is 4.74 Å². The van der Waals surface area contributed by atoms with Gasteiger partial charge in [0, 0.05) is 12.8 Å². The van der Waals surface area contributed by atoms with Crippen LogP contribution >= 0.6 is 0 Å². The van der Waals surface area contributed by atoms with Crippen molar-refractivity contribution in [1.82, 2.24) is 0 Å². The first-order valence-corrected chi connectivity index (χ1v) is 5.64. The van der Waals surface area contributed by atoms with Crippen molar-refractivity contribution in [2.24, 2.45) is 0 Å². The predicted molar refractivity (Wildman–Crippen MR) is 60.9 cm³/mol. The standard InChI is InChI=1S/C13H14F2O3/c1-2-18-13(17)6-4-11(16)8-9-7-10(14)3-5-12(9)15/h3,5,7H,2,4,6,8H2,1H3. The minimum absolute atomic E-state index is 0.00357. The van der Waals surface area contributed by atoms with Gasteiger partial charge in [-0.15, -0.1) is 0 Å². The van der Waals surface area contributed by atoms with E-state index in [1.54, 1.807) is 6.92 Å². The Labute approximate surface area is 104 Å². The van der Waals surface area contributed by atoms with E-state index in [0.717, 1.165) is 18.2 Å². The molecule has 0 N–H and O–H groups in total. The van der Waals surface area contributed by atoms with Gasteiger partial charge < -0.3 is 4.74 Å². The van der Waals surface area contributed by atoms with Gasteiger partial charge in [-0.05, 0) is 30.7 Å². The number of carbonyl (C=O) groups excluding carboxylic acids is 2. The molecule has 18 heavy (non-hydrogen) atoms. The van der Waals surface area contributed by atoms with Crippen LogP contribution < -0.4 is 0 Å². The summed E-state index contributed by atoms with van der Waals surface area (Å²) in [5, 5.41) is 0. The lowest BCUT2D eigenvalue weighted by Gasteiger charge is -2.03. The lowest BCUT2D eigenvalue weighted by atomic mass is 10.1. The number of hydrogen-bond acceptors (Lipinski definition) is 3. The van der Waals surface area contributed by atoms with Crippen molar-refractivity contribution in [3.63, 3.8) is 0 Å². The number of esters is 1. The second-order valence-corrected chi connectivity index (χ2v) is 3.76. The van der Waals surface area contributed by atoms with Crippen molar-refractivity contribution < 1.29 is 23.1 Å². The van der Waals surface area contributed by atoms with E-state index in [1.165, 1.54) is 0 Å². The van der Waals surface area contributed by atoms with E-state index in [-0.39, 0.29) is 37.2 Å². The summed E-state index contributed by atoms with van der Waals surface area (Å²) in [7, 11) is 0. The van der Waals surface area contributed by atoms with Gasteiger partial charge in [-0.1, -0.05) is 0 Å². The normalized spacial score (nSPS) is 10.2. The Morgan fingerprint density at radius 2 is 1.94 bits per heavy atom. The number of ether oxygens (including phenoxy) is 1. The molecular formula is C13H14F2O3. The Hall–Kier alpha value is -1.78. The summed E-state index contributed by atoms with van der Waals surface area (Å²) in [6.07, 6.45) is -0.290. The van der Waals surface area contributed by atoms with Crippen LogP contribution in [0.4, 0.5) is 8.78 Å². The molecule has 0 saturated heterocycles. The average molecular weight is 256 g/mol. The van der Waals surface area contributed by atoms with E-state index in [9.17, 15) is 18.4 Å². The maximum absolute atomic E-state index is 13.2. The molecule has 0 aliphatic carbocycles. The second kappa shape index (κ2) is 6.83. The Morgan fingerprint density at radius 1 is 1.22 bits per heavy atom. The summed E-state index contributed by atoms with van der Waals surface area (Å²) in [6.45, 7) is 1.92. The van der Waals surface area contributed by atoms with Crippen LogP contribution in [0.1, 0.15) is 25.3 Å². The predicted octanol–water partition coefficient (Wildman–Crippen LogP) is 2.42. The molecule has 5 heteroatoms. The van der Waals surface area contributed by atoms with E-state index in [0.29, 0.717) is 0 Å². The third-order valence-corrected chi connectivity index (χ3v) is 2.31. The fourth-order valence-electron chi connectivity index (χ4n) is 1.45. The summed E-state index contributed by atoms with van der Waals surface area (Å²) in [5.74, 6) is -2.01. The molecule has 0 radical (unpaired) electrons. The lowest BCUT2D eigenvalue weighted by molar-refractivity contribution is -0.144. The number of rotatable bonds is 6. The molecule has 1 aromatic rings. The van der Waals surface area contributed by atoms with Crippen molar-refractivity contribution in [2.75, 3.05) is 6.61 Å². The van der Waals surface area contributed by atoms with Crippen LogP contribution in [-0.4, -0.2) is 18.4 Å². The van der Waals surface area contributed by atoms with Crippen molar-refractivity contribution in [1.29, 1.82) is 0 Å². The Balaban J connectivity index is 2.49. The van der Waals surface area contributed by atoms with Gasteiger partial charge in [0.2, 0.25) is 0 Å². The summed E-state index contributed by atoms with van der Waals surface area (Å²) in [6, 6.07) is 2.95. The number of carbonyl (C=O) groups is 2. The number of Topliss-reactive ketones (excluding diaryl/α,β-unsaturated/α-hetero) is 1. The van der Waals surface area contributed by atoms with Gasteiger partial charge in [-0.25, -0.2) is 8.78 Å². The third kappa shape index (κ3) is 4.61. The van der Waals surface area contributed by atoms with Crippen molar-refractivity contribution in [3.05, 3.63) is 35.4 Å². The third-order valence-electron chi connectivity index (χ3n) is 2.31. The quantitative estimate of drug-likeness (QED) is 0.734. The summed E-state index contributed by atoms with van der Waals surface area (Å²) in [4.78, 5) is 22.5. The molecule has 0 heterocycles. The maximum Gasteiger partial charge on any atom is 0.306 e. The number of hydrogen-bond donors (Lipinski definition) is 0. The minimum atomic E-state index is -0.624. The van der Waals surface area contributed by atoms with Crippen LogP contribution in [0.15, 0.2) is 18.2 Å². The molecule has 1 rings (SSSR count). The maximum atomic E-state index is 13.2. The van der Waals surface area contributed by atoms with E-state index in [4.69, 9.17) is 0 Å². The summed E-state index contributed by atoms with van der Waals surface area (Å²) >= 11 is 0. The van der Waals surface area contributed by atoms with Gasteiger partial charge in [0.25, 0.3) is 0 Å². The molecule has 0 fully saturated rings. The fraction of sp³-hybridized carbons (Fsp3) is 0.385. The molecule has 1 aromatic carbocycles. The fourth-order valence-corrected chi connectivity index (χ4v) is 1.45. The minimum Gasteiger partial charge on any atom is -0.466 e. The highest BCUT2D eigenvalue weighted by Crippen LogP contribution is 2.12. The molecule has 0 atom stereocenters. The highest BCUT2D eigenvalue weighted by Gasteiger charge is 2.11. The first-order valence-electron chi connectivity index (χ1n) is 5.64. The van der Waals surface area contributed by atoms with Gasteiger partial charge in [0.05, 0.1) is 13.0 Å². The molecular weight excluding hydrogens is 242 g/mol. The smallest absolute Gasteiger partial charge is 0.306 e. The molecule has 0 spiro atoms. The number of halogens is 2. The van der Waals surface area contributed by atoms with Crippen molar-refractivity contribution in [3.8, 4) is 0 Å². The van der Waals surface area contributed by atoms with Gasteiger partial charge in [-0.2, -0.15) is 0 Å². The van der Waals surface area contributed by atoms with Crippen LogP contribution in [0.3, 0.4) is 0 Å². The Bertz CT molecular complexity index is 444. The van der Waals surface area contributed by atoms with Gasteiger partial charge >= 0.3 is 5.97 Å². The zero-order chi connectivity index (χ0) is 13.5. The molecule has 0 bridgehead atoms. The highest BCUT2D eigenvalue weighted by molar-refractivity contribution is 5.84. The van der Waals surface area contributed by atoms with E-state index in [1.807, 2.05) is 0 Å². The van der Waals surface area contributed by atoms with Gasteiger partial charge in [0.1, 0.15) is 17.4 Å². The topological polar surface area (TPSA) is 43.4 Å². The zero-order valence-electron chi connectivity index (χ0n) is 10.0.